The summed E-state index contributed by atoms with van der Waals surface area (Å²) >= 11 is 1.89. The Balaban J connectivity index is 2.43. The van der Waals surface area contributed by atoms with Gasteiger partial charge in [0.05, 0.1) is 6.10 Å². The van der Waals surface area contributed by atoms with E-state index >= 15 is 0 Å². The Morgan fingerprint density at radius 2 is 2.00 bits per heavy atom. The van der Waals surface area contributed by atoms with E-state index in [1.807, 2.05) is 11.8 Å². The van der Waals surface area contributed by atoms with Gasteiger partial charge in [-0.2, -0.15) is 11.8 Å². The second-order valence-corrected chi connectivity index (χ2v) is 5.66. The lowest BCUT2D eigenvalue weighted by Gasteiger charge is -2.11. The van der Waals surface area contributed by atoms with E-state index in [9.17, 15) is 5.11 Å². The smallest absolute Gasteiger partial charge is 0.0588 e. The first-order chi connectivity index (χ1) is 7.63. The molecular formula is C14H22OS. The van der Waals surface area contributed by atoms with Crippen LogP contribution in [0.4, 0.5) is 0 Å². The number of rotatable bonds is 6. The average Bonchev–Trinajstić information content (AvgIpc) is 2.24. The van der Waals surface area contributed by atoms with Gasteiger partial charge in [0.15, 0.2) is 0 Å². The Morgan fingerprint density at radius 3 is 2.62 bits per heavy atom. The first-order valence-corrected chi connectivity index (χ1v) is 7.11. The molecule has 1 unspecified atom stereocenters. The number of benzene rings is 1. The molecule has 0 saturated heterocycles. The minimum Gasteiger partial charge on any atom is -0.393 e. The van der Waals surface area contributed by atoms with Gasteiger partial charge in [0.2, 0.25) is 0 Å². The molecule has 0 saturated carbocycles. The molecule has 0 aliphatic carbocycles. The molecule has 90 valence electrons. The Morgan fingerprint density at radius 1 is 1.25 bits per heavy atom. The molecule has 1 aromatic carbocycles. The van der Waals surface area contributed by atoms with Crippen molar-refractivity contribution in [1.82, 2.24) is 0 Å². The summed E-state index contributed by atoms with van der Waals surface area (Å²) in [7, 11) is 0. The summed E-state index contributed by atoms with van der Waals surface area (Å²) in [5.41, 5.74) is 3.88. The van der Waals surface area contributed by atoms with Gasteiger partial charge in [-0.25, -0.2) is 0 Å². The summed E-state index contributed by atoms with van der Waals surface area (Å²) in [5, 5.41) is 9.88. The third kappa shape index (κ3) is 4.58. The Bertz CT molecular complexity index is 323. The number of hydrogen-bond acceptors (Lipinski definition) is 2. The number of aryl methyl sites for hydroxylation is 2. The van der Waals surface area contributed by atoms with Crippen molar-refractivity contribution in [2.75, 3.05) is 11.5 Å². The van der Waals surface area contributed by atoms with Crippen molar-refractivity contribution in [3.8, 4) is 0 Å². The lowest BCUT2D eigenvalue weighted by Crippen LogP contribution is -2.11. The molecule has 0 heterocycles. The fourth-order valence-corrected chi connectivity index (χ4v) is 2.40. The molecular weight excluding hydrogens is 216 g/mol. The zero-order valence-electron chi connectivity index (χ0n) is 10.5. The maximum atomic E-state index is 9.88. The zero-order valence-corrected chi connectivity index (χ0v) is 11.3. The minimum atomic E-state index is -0.193. The molecule has 0 radical (unpaired) electrons. The number of thioether (sulfide) groups is 1. The molecule has 2 heteroatoms. The Kier molecular flexibility index (Phi) is 5.93. The van der Waals surface area contributed by atoms with Gasteiger partial charge in [0, 0.05) is 0 Å². The molecule has 0 fully saturated rings. The first kappa shape index (κ1) is 13.6. The van der Waals surface area contributed by atoms with Crippen LogP contribution in [-0.2, 0) is 6.42 Å². The topological polar surface area (TPSA) is 20.2 Å². The number of hydrogen-bond donors (Lipinski definition) is 1. The summed E-state index contributed by atoms with van der Waals surface area (Å²) in [4.78, 5) is 0. The van der Waals surface area contributed by atoms with Crippen LogP contribution in [0.5, 0.6) is 0 Å². The van der Waals surface area contributed by atoms with E-state index in [4.69, 9.17) is 0 Å². The molecule has 0 spiro atoms. The van der Waals surface area contributed by atoms with E-state index in [1.54, 1.807) is 0 Å². The summed E-state index contributed by atoms with van der Waals surface area (Å²) in [6, 6.07) is 6.45. The molecule has 0 amide bonds. The highest BCUT2D eigenvalue weighted by Crippen LogP contribution is 2.13. The average molecular weight is 238 g/mol. The monoisotopic (exact) mass is 238 g/mol. The van der Waals surface area contributed by atoms with Gasteiger partial charge in [-0.3, -0.25) is 0 Å². The predicted molar refractivity (Wildman–Crippen MR) is 73.2 cm³/mol. The molecule has 1 rings (SSSR count). The van der Waals surface area contributed by atoms with Gasteiger partial charge >= 0.3 is 0 Å². The van der Waals surface area contributed by atoms with Gasteiger partial charge in [0.1, 0.15) is 0 Å². The predicted octanol–water partition coefficient (Wildman–Crippen LogP) is 3.35. The van der Waals surface area contributed by atoms with E-state index in [2.05, 4.69) is 39.0 Å². The van der Waals surface area contributed by atoms with Crippen molar-refractivity contribution in [1.29, 1.82) is 0 Å². The lowest BCUT2D eigenvalue weighted by molar-refractivity contribution is 0.172. The van der Waals surface area contributed by atoms with Crippen LogP contribution in [-0.4, -0.2) is 22.7 Å². The molecule has 0 bridgehead atoms. The van der Waals surface area contributed by atoms with Crippen LogP contribution < -0.4 is 0 Å². The van der Waals surface area contributed by atoms with Gasteiger partial charge in [-0.05, 0) is 54.9 Å². The van der Waals surface area contributed by atoms with Crippen LogP contribution >= 0.6 is 11.8 Å². The van der Waals surface area contributed by atoms with E-state index in [0.29, 0.717) is 0 Å². The lowest BCUT2D eigenvalue weighted by atomic mass is 10.0. The SMILES string of the molecule is CCSCCC(O)Cc1ccc(C)c(C)c1. The highest BCUT2D eigenvalue weighted by atomic mass is 32.2. The fourth-order valence-electron chi connectivity index (χ4n) is 1.67. The standard InChI is InChI=1S/C14H22OS/c1-4-16-8-7-14(15)10-13-6-5-11(2)12(3)9-13/h5-6,9,14-15H,4,7-8,10H2,1-3H3. The highest BCUT2D eigenvalue weighted by molar-refractivity contribution is 7.99. The zero-order chi connectivity index (χ0) is 12.0. The number of aliphatic hydroxyl groups is 1. The summed E-state index contributed by atoms with van der Waals surface area (Å²) in [5.74, 6) is 2.19. The molecule has 1 atom stereocenters. The van der Waals surface area contributed by atoms with Crippen LogP contribution in [0.1, 0.15) is 30.0 Å². The largest absolute Gasteiger partial charge is 0.393 e. The van der Waals surface area contributed by atoms with Crippen molar-refractivity contribution in [2.45, 2.75) is 39.7 Å². The highest BCUT2D eigenvalue weighted by Gasteiger charge is 2.06. The van der Waals surface area contributed by atoms with E-state index in [0.717, 1.165) is 24.3 Å². The molecule has 1 N–H and O–H groups in total. The second-order valence-electron chi connectivity index (χ2n) is 4.26. The van der Waals surface area contributed by atoms with Crippen molar-refractivity contribution in [3.63, 3.8) is 0 Å². The molecule has 16 heavy (non-hydrogen) atoms. The summed E-state index contributed by atoms with van der Waals surface area (Å²) < 4.78 is 0. The van der Waals surface area contributed by atoms with Crippen molar-refractivity contribution in [3.05, 3.63) is 34.9 Å². The maximum Gasteiger partial charge on any atom is 0.0588 e. The van der Waals surface area contributed by atoms with E-state index in [-0.39, 0.29) is 6.10 Å². The van der Waals surface area contributed by atoms with Crippen molar-refractivity contribution >= 4 is 11.8 Å². The van der Waals surface area contributed by atoms with E-state index < -0.39 is 0 Å². The van der Waals surface area contributed by atoms with Crippen LogP contribution in [0.15, 0.2) is 18.2 Å². The van der Waals surface area contributed by atoms with Crippen LogP contribution in [0.2, 0.25) is 0 Å². The van der Waals surface area contributed by atoms with Crippen LogP contribution in [0, 0.1) is 13.8 Å². The van der Waals surface area contributed by atoms with Crippen LogP contribution in [0.25, 0.3) is 0 Å². The third-order valence-corrected chi connectivity index (χ3v) is 3.77. The summed E-state index contributed by atoms with van der Waals surface area (Å²) in [6.07, 6.45) is 1.48. The summed E-state index contributed by atoms with van der Waals surface area (Å²) in [6.45, 7) is 6.39. The first-order valence-electron chi connectivity index (χ1n) is 5.95. The normalized spacial score (nSPS) is 12.8. The van der Waals surface area contributed by atoms with Gasteiger partial charge < -0.3 is 5.11 Å². The van der Waals surface area contributed by atoms with Crippen molar-refractivity contribution in [2.24, 2.45) is 0 Å². The minimum absolute atomic E-state index is 0.193. The maximum absolute atomic E-state index is 9.88. The molecule has 1 nitrogen and oxygen atoms in total. The molecule has 0 aliphatic rings. The third-order valence-electron chi connectivity index (χ3n) is 2.84. The van der Waals surface area contributed by atoms with Gasteiger partial charge in [0.25, 0.3) is 0 Å². The molecule has 0 aromatic heterocycles. The Hall–Kier alpha value is -0.470. The quantitative estimate of drug-likeness (QED) is 0.767. The second kappa shape index (κ2) is 6.97. The van der Waals surface area contributed by atoms with Gasteiger partial charge in [-0.1, -0.05) is 25.1 Å². The van der Waals surface area contributed by atoms with Gasteiger partial charge in [-0.15, -0.1) is 0 Å². The fraction of sp³-hybridized carbons (Fsp3) is 0.571. The molecule has 1 aromatic rings. The Labute approximate surface area is 103 Å². The molecule has 0 aliphatic heterocycles. The van der Waals surface area contributed by atoms with Crippen molar-refractivity contribution < 1.29 is 5.11 Å². The van der Waals surface area contributed by atoms with Crippen LogP contribution in [0.3, 0.4) is 0 Å². The number of aliphatic hydroxyl groups excluding tert-OH is 1. The van der Waals surface area contributed by atoms with E-state index in [1.165, 1.54) is 16.7 Å².